The van der Waals surface area contributed by atoms with Gasteiger partial charge in [0, 0.05) is 24.9 Å². The van der Waals surface area contributed by atoms with Gasteiger partial charge in [-0.2, -0.15) is 0 Å². The quantitative estimate of drug-likeness (QED) is 0.802. The lowest BCUT2D eigenvalue weighted by Gasteiger charge is -2.12. The highest BCUT2D eigenvalue weighted by molar-refractivity contribution is 5.73. The van der Waals surface area contributed by atoms with Gasteiger partial charge in [-0.05, 0) is 37.6 Å². The van der Waals surface area contributed by atoms with Gasteiger partial charge in [-0.15, -0.1) is 0 Å². The summed E-state index contributed by atoms with van der Waals surface area (Å²) in [5, 5.41) is 0. The van der Waals surface area contributed by atoms with E-state index in [-0.39, 0.29) is 0 Å². The number of hydrogen-bond acceptors (Lipinski definition) is 4. The Balaban J connectivity index is 1.51. The van der Waals surface area contributed by atoms with Gasteiger partial charge in [0.2, 0.25) is 0 Å². The molecule has 1 atom stereocenters. The van der Waals surface area contributed by atoms with E-state index < -0.39 is 0 Å². The van der Waals surface area contributed by atoms with E-state index in [0.29, 0.717) is 5.92 Å². The highest BCUT2D eigenvalue weighted by atomic mass is 16.3. The maximum atomic E-state index is 5.93. The molecule has 0 amide bonds. The molecule has 0 saturated carbocycles. The number of hydrogen-bond donors (Lipinski definition) is 1. The number of aromatic nitrogens is 3. The fourth-order valence-electron chi connectivity index (χ4n) is 3.00. The minimum absolute atomic E-state index is 0.382. The van der Waals surface area contributed by atoms with Crippen LogP contribution in [0.4, 0.5) is 0 Å². The van der Waals surface area contributed by atoms with Crippen molar-refractivity contribution in [3.05, 3.63) is 47.9 Å². The summed E-state index contributed by atoms with van der Waals surface area (Å²) >= 11 is 0. The van der Waals surface area contributed by atoms with Crippen molar-refractivity contribution in [2.75, 3.05) is 13.1 Å². The summed E-state index contributed by atoms with van der Waals surface area (Å²) in [6, 6.07) is 6.16. The van der Waals surface area contributed by atoms with Crippen molar-refractivity contribution in [2.45, 2.75) is 25.8 Å². The van der Waals surface area contributed by atoms with E-state index in [1.54, 1.807) is 6.20 Å². The number of rotatable bonds is 3. The van der Waals surface area contributed by atoms with E-state index in [1.165, 1.54) is 5.56 Å². The number of oxazole rings is 1. The molecule has 2 aromatic heterocycles. The summed E-state index contributed by atoms with van der Waals surface area (Å²) in [7, 11) is 0. The molecule has 3 heterocycles. The lowest BCUT2D eigenvalue weighted by molar-refractivity contribution is 0.313. The first-order valence-electron chi connectivity index (χ1n) is 7.35. The average molecular weight is 282 g/mol. The van der Waals surface area contributed by atoms with Crippen LogP contribution in [-0.2, 0) is 6.54 Å². The molecule has 0 radical (unpaired) electrons. The van der Waals surface area contributed by atoms with E-state index >= 15 is 0 Å². The smallest absolute Gasteiger partial charge is 0.199 e. The van der Waals surface area contributed by atoms with Crippen molar-refractivity contribution in [3.8, 4) is 0 Å². The Bertz CT molecular complexity index is 747. The Kier molecular flexibility index (Phi) is 3.00. The van der Waals surface area contributed by atoms with Crippen LogP contribution in [-0.4, -0.2) is 32.9 Å². The van der Waals surface area contributed by atoms with Crippen LogP contribution >= 0.6 is 0 Å². The van der Waals surface area contributed by atoms with Gasteiger partial charge in [0.25, 0.3) is 0 Å². The molecule has 0 aliphatic carbocycles. The standard InChI is InChI=1S/C16H18N4O/c1-11-2-3-14-13(8-11)19-16(21-14)12-4-7-20(9-12)10-15-17-5-6-18-15/h2-3,5-6,8,12H,4,7,9-10H2,1H3,(H,17,18)/t12-/m0/s1. The predicted octanol–water partition coefficient (Wildman–Crippen LogP) is 2.85. The highest BCUT2D eigenvalue weighted by Crippen LogP contribution is 2.29. The van der Waals surface area contributed by atoms with E-state index in [4.69, 9.17) is 4.42 Å². The number of nitrogens with zero attached hydrogens (tertiary/aromatic N) is 3. The number of aromatic amines is 1. The molecule has 1 saturated heterocycles. The number of H-pyrrole nitrogens is 1. The fraction of sp³-hybridized carbons (Fsp3) is 0.375. The second kappa shape index (κ2) is 5.00. The molecule has 108 valence electrons. The largest absolute Gasteiger partial charge is 0.440 e. The third-order valence-electron chi connectivity index (χ3n) is 4.11. The van der Waals surface area contributed by atoms with E-state index in [1.807, 2.05) is 12.3 Å². The van der Waals surface area contributed by atoms with Crippen LogP contribution in [0.5, 0.6) is 0 Å². The van der Waals surface area contributed by atoms with Gasteiger partial charge in [0.05, 0.1) is 6.54 Å². The zero-order valence-electron chi connectivity index (χ0n) is 12.0. The fourth-order valence-corrected chi connectivity index (χ4v) is 3.00. The van der Waals surface area contributed by atoms with Crippen LogP contribution in [0.3, 0.4) is 0 Å². The predicted molar refractivity (Wildman–Crippen MR) is 80.0 cm³/mol. The topological polar surface area (TPSA) is 58.0 Å². The molecular formula is C16H18N4O. The Morgan fingerprint density at radius 1 is 1.43 bits per heavy atom. The second-order valence-corrected chi connectivity index (χ2v) is 5.78. The molecule has 1 aliphatic heterocycles. The van der Waals surface area contributed by atoms with Gasteiger partial charge < -0.3 is 9.40 Å². The van der Waals surface area contributed by atoms with Crippen LogP contribution in [0, 0.1) is 6.92 Å². The maximum absolute atomic E-state index is 5.93. The van der Waals surface area contributed by atoms with Crippen molar-refractivity contribution in [1.82, 2.24) is 19.9 Å². The minimum atomic E-state index is 0.382. The summed E-state index contributed by atoms with van der Waals surface area (Å²) in [6.45, 7) is 4.98. The van der Waals surface area contributed by atoms with Gasteiger partial charge in [-0.3, -0.25) is 4.90 Å². The first-order valence-corrected chi connectivity index (χ1v) is 7.35. The number of nitrogens with one attached hydrogen (secondary N) is 1. The van der Waals surface area contributed by atoms with E-state index in [0.717, 1.165) is 48.9 Å². The molecule has 4 rings (SSSR count). The van der Waals surface area contributed by atoms with Gasteiger partial charge in [0.15, 0.2) is 11.5 Å². The van der Waals surface area contributed by atoms with Gasteiger partial charge >= 0.3 is 0 Å². The molecule has 5 nitrogen and oxygen atoms in total. The SMILES string of the molecule is Cc1ccc2oc([C@H]3CCN(Cc4ncc[nH]4)C3)nc2c1. The molecule has 1 aromatic carbocycles. The summed E-state index contributed by atoms with van der Waals surface area (Å²) in [6.07, 6.45) is 4.75. The monoisotopic (exact) mass is 282 g/mol. The molecule has 21 heavy (non-hydrogen) atoms. The molecule has 3 aromatic rings. The zero-order chi connectivity index (χ0) is 14.2. The van der Waals surface area contributed by atoms with Crippen LogP contribution in [0.15, 0.2) is 35.0 Å². The number of likely N-dealkylation sites (tertiary alicyclic amines) is 1. The normalized spacial score (nSPS) is 19.6. The Morgan fingerprint density at radius 2 is 2.38 bits per heavy atom. The van der Waals surface area contributed by atoms with E-state index in [2.05, 4.69) is 38.9 Å². The third kappa shape index (κ3) is 2.45. The third-order valence-corrected chi connectivity index (χ3v) is 4.11. The van der Waals surface area contributed by atoms with Crippen LogP contribution in [0.25, 0.3) is 11.1 Å². The highest BCUT2D eigenvalue weighted by Gasteiger charge is 2.28. The first kappa shape index (κ1) is 12.6. The van der Waals surface area contributed by atoms with E-state index in [9.17, 15) is 0 Å². The molecule has 0 spiro atoms. The van der Waals surface area contributed by atoms with Crippen LogP contribution in [0.2, 0.25) is 0 Å². The minimum Gasteiger partial charge on any atom is -0.440 e. The van der Waals surface area contributed by atoms with Crippen molar-refractivity contribution < 1.29 is 4.42 Å². The molecule has 5 heteroatoms. The van der Waals surface area contributed by atoms with Crippen LogP contribution in [0.1, 0.15) is 29.6 Å². The zero-order valence-corrected chi connectivity index (χ0v) is 12.0. The number of aryl methyl sites for hydroxylation is 1. The summed E-state index contributed by atoms with van der Waals surface area (Å²) in [4.78, 5) is 14.5. The van der Waals surface area contributed by atoms with Crippen molar-refractivity contribution in [1.29, 1.82) is 0 Å². The summed E-state index contributed by atoms with van der Waals surface area (Å²) < 4.78 is 5.93. The molecule has 0 bridgehead atoms. The van der Waals surface area contributed by atoms with Crippen molar-refractivity contribution in [3.63, 3.8) is 0 Å². The number of imidazole rings is 1. The van der Waals surface area contributed by atoms with Crippen molar-refractivity contribution in [2.24, 2.45) is 0 Å². The summed E-state index contributed by atoms with van der Waals surface area (Å²) in [5.74, 6) is 2.27. The Labute approximate surface area is 123 Å². The van der Waals surface area contributed by atoms with Gasteiger partial charge in [-0.1, -0.05) is 6.07 Å². The molecule has 1 fully saturated rings. The molecule has 1 aliphatic rings. The van der Waals surface area contributed by atoms with Gasteiger partial charge in [0.1, 0.15) is 11.3 Å². The molecule has 1 N–H and O–H groups in total. The van der Waals surface area contributed by atoms with Crippen molar-refractivity contribution >= 4 is 11.1 Å². The Morgan fingerprint density at radius 3 is 3.24 bits per heavy atom. The van der Waals surface area contributed by atoms with Crippen LogP contribution < -0.4 is 0 Å². The Hall–Kier alpha value is -2.14. The number of benzene rings is 1. The lowest BCUT2D eigenvalue weighted by Crippen LogP contribution is -2.20. The molecule has 0 unspecified atom stereocenters. The second-order valence-electron chi connectivity index (χ2n) is 5.78. The summed E-state index contributed by atoms with van der Waals surface area (Å²) in [5.41, 5.74) is 3.07. The number of fused-ring (bicyclic) bond motifs is 1. The molecular weight excluding hydrogens is 264 g/mol. The lowest BCUT2D eigenvalue weighted by atomic mass is 10.1. The maximum Gasteiger partial charge on any atom is 0.199 e. The average Bonchev–Trinajstić information content (AvgIpc) is 3.18. The van der Waals surface area contributed by atoms with Gasteiger partial charge in [-0.25, -0.2) is 9.97 Å². The first-order chi connectivity index (χ1) is 10.3.